The maximum atomic E-state index is 5.72. The number of nitrogens with zero attached hydrogens (tertiary/aromatic N) is 2. The fourth-order valence-corrected chi connectivity index (χ4v) is 4.38. The smallest absolute Gasteiger partial charge is 0.175 e. The summed E-state index contributed by atoms with van der Waals surface area (Å²) >= 11 is 5.05. The summed E-state index contributed by atoms with van der Waals surface area (Å²) in [4.78, 5) is 0. The van der Waals surface area contributed by atoms with Crippen molar-refractivity contribution in [3.63, 3.8) is 0 Å². The third-order valence-corrected chi connectivity index (χ3v) is 5.57. The first-order chi connectivity index (χ1) is 10.8. The Morgan fingerprint density at radius 1 is 0.909 bits per heavy atom. The maximum Gasteiger partial charge on any atom is 0.175 e. The summed E-state index contributed by atoms with van der Waals surface area (Å²) in [6.07, 6.45) is 1.01. The van der Waals surface area contributed by atoms with Gasteiger partial charge in [-0.15, -0.1) is 10.2 Å². The van der Waals surface area contributed by atoms with Crippen molar-refractivity contribution in [2.45, 2.75) is 28.9 Å². The molecule has 0 fully saturated rings. The molecule has 0 aliphatic heterocycles. The van der Waals surface area contributed by atoms with Gasteiger partial charge in [-0.25, -0.2) is 0 Å². The summed E-state index contributed by atoms with van der Waals surface area (Å²) in [5.74, 6) is 3.64. The largest absolute Gasteiger partial charge is 0.494 e. The van der Waals surface area contributed by atoms with Crippen molar-refractivity contribution in [3.8, 4) is 11.5 Å². The summed E-state index contributed by atoms with van der Waals surface area (Å²) in [7, 11) is 0. The molecule has 0 unspecified atom stereocenters. The second kappa shape index (κ2) is 9.97. The van der Waals surface area contributed by atoms with Crippen molar-refractivity contribution in [2.75, 3.05) is 24.7 Å². The highest BCUT2D eigenvalue weighted by Crippen LogP contribution is 2.28. The lowest BCUT2D eigenvalue weighted by Crippen LogP contribution is -2.00. The monoisotopic (exact) mass is 356 g/mol. The van der Waals surface area contributed by atoms with E-state index < -0.39 is 0 Å². The van der Waals surface area contributed by atoms with Crippen molar-refractivity contribution in [1.29, 1.82) is 0 Å². The fraction of sp³-hybridized carbons (Fsp3) is 0.467. The molecule has 22 heavy (non-hydrogen) atoms. The highest BCUT2D eigenvalue weighted by Gasteiger charge is 2.04. The maximum absolute atomic E-state index is 5.72. The second-order valence-electron chi connectivity index (χ2n) is 4.28. The number of thioether (sulfide) groups is 2. The molecular weight excluding hydrogens is 336 g/mol. The van der Waals surface area contributed by atoms with Crippen LogP contribution in [0.15, 0.2) is 32.9 Å². The van der Waals surface area contributed by atoms with Gasteiger partial charge in [0, 0.05) is 5.75 Å². The molecule has 1 heterocycles. The average Bonchev–Trinajstić information content (AvgIpc) is 2.99. The minimum absolute atomic E-state index is 0.648. The van der Waals surface area contributed by atoms with E-state index in [0.29, 0.717) is 6.61 Å². The first-order valence-corrected chi connectivity index (χ1v) is 10.0. The molecule has 0 bridgehead atoms. The van der Waals surface area contributed by atoms with Crippen LogP contribution in [-0.4, -0.2) is 34.9 Å². The molecule has 7 heteroatoms. The Morgan fingerprint density at radius 3 is 2.09 bits per heavy atom. The summed E-state index contributed by atoms with van der Waals surface area (Å²) in [5.41, 5.74) is 0. The van der Waals surface area contributed by atoms with Gasteiger partial charge in [0.2, 0.25) is 0 Å². The highest BCUT2D eigenvalue weighted by atomic mass is 32.2. The zero-order valence-corrected chi connectivity index (χ0v) is 15.2. The molecule has 2 aromatic rings. The van der Waals surface area contributed by atoms with Crippen LogP contribution in [0.5, 0.6) is 11.5 Å². The van der Waals surface area contributed by atoms with E-state index in [-0.39, 0.29) is 0 Å². The standard InChI is InChI=1S/C15H20N2O2S3/c1-3-9-18-12-5-7-13(8-6-12)19-10-11-21-15-17-16-14(22-15)20-4-2/h5-8H,3-4,9-11H2,1-2H3. The number of hydrogen-bond donors (Lipinski definition) is 0. The SMILES string of the molecule is CCCOc1ccc(OCCSc2nnc(SCC)s2)cc1. The van der Waals surface area contributed by atoms with E-state index in [0.717, 1.165) is 44.7 Å². The van der Waals surface area contributed by atoms with Gasteiger partial charge < -0.3 is 9.47 Å². The number of aromatic nitrogens is 2. The molecule has 2 rings (SSSR count). The van der Waals surface area contributed by atoms with Crippen molar-refractivity contribution in [1.82, 2.24) is 10.2 Å². The van der Waals surface area contributed by atoms with Gasteiger partial charge in [0.1, 0.15) is 11.5 Å². The van der Waals surface area contributed by atoms with Crippen molar-refractivity contribution in [3.05, 3.63) is 24.3 Å². The molecule has 0 saturated carbocycles. The number of ether oxygens (including phenoxy) is 2. The van der Waals surface area contributed by atoms with Crippen molar-refractivity contribution < 1.29 is 9.47 Å². The number of rotatable bonds is 10. The second-order valence-corrected chi connectivity index (χ2v) is 8.11. The predicted molar refractivity (Wildman–Crippen MR) is 94.8 cm³/mol. The summed E-state index contributed by atoms with van der Waals surface area (Å²) in [6, 6.07) is 7.77. The van der Waals surface area contributed by atoms with Crippen LogP contribution in [0, 0.1) is 0 Å². The third-order valence-electron chi connectivity index (χ3n) is 2.53. The van der Waals surface area contributed by atoms with Gasteiger partial charge in [-0.2, -0.15) is 0 Å². The van der Waals surface area contributed by atoms with E-state index in [2.05, 4.69) is 24.0 Å². The molecule has 1 aromatic carbocycles. The van der Waals surface area contributed by atoms with Gasteiger partial charge in [0.15, 0.2) is 8.68 Å². The minimum atomic E-state index is 0.648. The lowest BCUT2D eigenvalue weighted by molar-refractivity contribution is 0.314. The molecule has 0 radical (unpaired) electrons. The Kier molecular flexibility index (Phi) is 7.90. The molecule has 120 valence electrons. The van der Waals surface area contributed by atoms with Crippen LogP contribution in [0.25, 0.3) is 0 Å². The Balaban J connectivity index is 1.67. The van der Waals surface area contributed by atoms with Crippen LogP contribution >= 0.6 is 34.9 Å². The highest BCUT2D eigenvalue weighted by molar-refractivity contribution is 8.03. The molecule has 0 aliphatic rings. The lowest BCUT2D eigenvalue weighted by atomic mass is 10.3. The summed E-state index contributed by atoms with van der Waals surface area (Å²) in [5, 5.41) is 8.29. The molecule has 0 amide bonds. The molecule has 0 N–H and O–H groups in total. The molecule has 4 nitrogen and oxygen atoms in total. The van der Waals surface area contributed by atoms with Gasteiger partial charge in [0.25, 0.3) is 0 Å². The topological polar surface area (TPSA) is 44.2 Å². The van der Waals surface area contributed by atoms with E-state index in [4.69, 9.17) is 9.47 Å². The molecule has 0 atom stereocenters. The van der Waals surface area contributed by atoms with E-state index >= 15 is 0 Å². The third kappa shape index (κ3) is 6.06. The van der Waals surface area contributed by atoms with Crippen LogP contribution in [0.1, 0.15) is 20.3 Å². The van der Waals surface area contributed by atoms with Crippen molar-refractivity contribution >= 4 is 34.9 Å². The normalized spacial score (nSPS) is 10.6. The molecule has 0 spiro atoms. The van der Waals surface area contributed by atoms with Crippen LogP contribution in [0.4, 0.5) is 0 Å². The van der Waals surface area contributed by atoms with Crippen LogP contribution < -0.4 is 9.47 Å². The Labute approximate surface area is 144 Å². The summed E-state index contributed by atoms with van der Waals surface area (Å²) in [6.45, 7) is 5.61. The lowest BCUT2D eigenvalue weighted by Gasteiger charge is -2.07. The van der Waals surface area contributed by atoms with Crippen LogP contribution in [0.2, 0.25) is 0 Å². The molecule has 0 saturated heterocycles. The van der Waals surface area contributed by atoms with Crippen LogP contribution in [-0.2, 0) is 0 Å². The zero-order valence-electron chi connectivity index (χ0n) is 12.8. The van der Waals surface area contributed by atoms with Gasteiger partial charge in [-0.1, -0.05) is 48.7 Å². The van der Waals surface area contributed by atoms with E-state index in [1.807, 2.05) is 24.3 Å². The van der Waals surface area contributed by atoms with Gasteiger partial charge >= 0.3 is 0 Å². The number of benzene rings is 1. The van der Waals surface area contributed by atoms with Crippen molar-refractivity contribution in [2.24, 2.45) is 0 Å². The fourth-order valence-electron chi connectivity index (χ4n) is 1.58. The van der Waals surface area contributed by atoms with Gasteiger partial charge in [-0.05, 0) is 36.4 Å². The average molecular weight is 357 g/mol. The summed E-state index contributed by atoms with van der Waals surface area (Å²) < 4.78 is 13.3. The first kappa shape index (κ1) is 17.4. The van der Waals surface area contributed by atoms with E-state index in [1.165, 1.54) is 0 Å². The molecule has 0 aliphatic carbocycles. The Morgan fingerprint density at radius 2 is 1.50 bits per heavy atom. The minimum Gasteiger partial charge on any atom is -0.494 e. The van der Waals surface area contributed by atoms with E-state index in [9.17, 15) is 0 Å². The predicted octanol–water partition coefficient (Wildman–Crippen LogP) is 4.61. The molecule has 1 aromatic heterocycles. The van der Waals surface area contributed by atoms with Crippen LogP contribution in [0.3, 0.4) is 0 Å². The van der Waals surface area contributed by atoms with E-state index in [1.54, 1.807) is 34.9 Å². The quantitative estimate of drug-likeness (QED) is 0.457. The number of hydrogen-bond acceptors (Lipinski definition) is 7. The molecular formula is C15H20N2O2S3. The Hall–Kier alpha value is -0.920. The zero-order chi connectivity index (χ0) is 15.6. The van der Waals surface area contributed by atoms with Gasteiger partial charge in [0.05, 0.1) is 13.2 Å². The van der Waals surface area contributed by atoms with Gasteiger partial charge in [-0.3, -0.25) is 0 Å². The first-order valence-electron chi connectivity index (χ1n) is 7.26. The Bertz CT molecular complexity index is 546.